The van der Waals surface area contributed by atoms with E-state index >= 15 is 0 Å². The van der Waals surface area contributed by atoms with E-state index in [1.165, 1.54) is 0 Å². The maximum Gasteiger partial charge on any atom is 0.211 e. The Kier molecular flexibility index (Phi) is 3.40. The zero-order valence-corrected chi connectivity index (χ0v) is 8.66. The molecule has 0 aliphatic rings. The van der Waals surface area contributed by atoms with Crippen molar-refractivity contribution in [2.45, 2.75) is 20.8 Å². The van der Waals surface area contributed by atoms with Gasteiger partial charge < -0.3 is 5.32 Å². The second-order valence-corrected chi connectivity index (χ2v) is 3.22. The average Bonchev–Trinajstić information content (AvgIpc) is 2.12. The SMILES string of the molecule is C/C(=C\c1c(C)ccnc1C)NC=O. The summed E-state index contributed by atoms with van der Waals surface area (Å²) in [5, 5.41) is 2.60. The van der Waals surface area contributed by atoms with E-state index < -0.39 is 0 Å². The van der Waals surface area contributed by atoms with Crippen molar-refractivity contribution in [3.8, 4) is 0 Å². The van der Waals surface area contributed by atoms with E-state index in [0.717, 1.165) is 22.5 Å². The van der Waals surface area contributed by atoms with Crippen molar-refractivity contribution >= 4 is 12.5 Å². The van der Waals surface area contributed by atoms with Gasteiger partial charge in [-0.1, -0.05) is 0 Å². The fraction of sp³-hybridized carbons (Fsp3) is 0.273. The maximum atomic E-state index is 10.2. The number of nitrogens with zero attached hydrogens (tertiary/aromatic N) is 1. The first-order valence-corrected chi connectivity index (χ1v) is 4.46. The van der Waals surface area contributed by atoms with Gasteiger partial charge in [-0.25, -0.2) is 0 Å². The monoisotopic (exact) mass is 190 g/mol. The molecule has 3 heteroatoms. The second kappa shape index (κ2) is 4.56. The number of hydrogen-bond donors (Lipinski definition) is 1. The Labute approximate surface area is 83.9 Å². The minimum atomic E-state index is 0.673. The van der Waals surface area contributed by atoms with E-state index in [-0.39, 0.29) is 0 Å². The van der Waals surface area contributed by atoms with Crippen LogP contribution in [0.2, 0.25) is 0 Å². The van der Waals surface area contributed by atoms with Crippen LogP contribution in [0.3, 0.4) is 0 Å². The molecule has 0 aliphatic heterocycles. The Hall–Kier alpha value is -1.64. The number of carbonyl (C=O) groups excluding carboxylic acids is 1. The van der Waals surface area contributed by atoms with Crippen molar-refractivity contribution in [3.63, 3.8) is 0 Å². The van der Waals surface area contributed by atoms with Gasteiger partial charge >= 0.3 is 0 Å². The van der Waals surface area contributed by atoms with E-state index in [1.807, 2.05) is 32.9 Å². The number of nitrogens with one attached hydrogen (secondary N) is 1. The molecule has 3 nitrogen and oxygen atoms in total. The van der Waals surface area contributed by atoms with Crippen LogP contribution in [0.4, 0.5) is 0 Å². The molecule has 0 aliphatic carbocycles. The van der Waals surface area contributed by atoms with Crippen molar-refractivity contribution in [2.75, 3.05) is 0 Å². The molecule has 1 N–H and O–H groups in total. The van der Waals surface area contributed by atoms with Gasteiger partial charge in [0.2, 0.25) is 6.41 Å². The summed E-state index contributed by atoms with van der Waals surface area (Å²) in [6, 6.07) is 1.95. The number of allylic oxidation sites excluding steroid dienone is 1. The summed E-state index contributed by atoms with van der Waals surface area (Å²) >= 11 is 0. The van der Waals surface area contributed by atoms with Crippen LogP contribution in [-0.2, 0) is 4.79 Å². The molecule has 0 atom stereocenters. The number of aryl methyl sites for hydroxylation is 2. The van der Waals surface area contributed by atoms with Gasteiger partial charge in [0, 0.05) is 23.2 Å². The third-order valence-electron chi connectivity index (χ3n) is 2.05. The van der Waals surface area contributed by atoms with Crippen molar-refractivity contribution < 1.29 is 4.79 Å². The molecule has 0 unspecified atom stereocenters. The Balaban J connectivity index is 3.06. The Morgan fingerprint density at radius 3 is 2.79 bits per heavy atom. The first kappa shape index (κ1) is 10.4. The molecule has 0 saturated heterocycles. The van der Waals surface area contributed by atoms with Crippen LogP contribution in [-0.4, -0.2) is 11.4 Å². The number of carbonyl (C=O) groups is 1. The smallest absolute Gasteiger partial charge is 0.211 e. The van der Waals surface area contributed by atoms with E-state index in [9.17, 15) is 4.79 Å². The molecule has 74 valence electrons. The van der Waals surface area contributed by atoms with Crippen LogP contribution in [0.15, 0.2) is 18.0 Å². The van der Waals surface area contributed by atoms with Crippen molar-refractivity contribution in [1.29, 1.82) is 0 Å². The van der Waals surface area contributed by atoms with Gasteiger partial charge in [0.25, 0.3) is 0 Å². The number of hydrogen-bond acceptors (Lipinski definition) is 2. The van der Waals surface area contributed by atoms with Gasteiger partial charge in [-0.05, 0) is 38.5 Å². The molecule has 1 aromatic heterocycles. The van der Waals surface area contributed by atoms with Gasteiger partial charge in [0.15, 0.2) is 0 Å². The molecule has 0 fully saturated rings. The van der Waals surface area contributed by atoms with Crippen LogP contribution >= 0.6 is 0 Å². The first-order chi connectivity index (χ1) is 6.65. The van der Waals surface area contributed by atoms with Crippen LogP contribution in [0.25, 0.3) is 6.08 Å². The number of aromatic nitrogens is 1. The zero-order valence-electron chi connectivity index (χ0n) is 8.66. The summed E-state index contributed by atoms with van der Waals surface area (Å²) in [5.41, 5.74) is 4.01. The molecule has 0 radical (unpaired) electrons. The predicted octanol–water partition coefficient (Wildman–Crippen LogP) is 1.81. The molecule has 0 saturated carbocycles. The van der Waals surface area contributed by atoms with Gasteiger partial charge in [-0.15, -0.1) is 0 Å². The lowest BCUT2D eigenvalue weighted by Crippen LogP contribution is -2.07. The third kappa shape index (κ3) is 2.42. The molecule has 1 heterocycles. The Morgan fingerprint density at radius 2 is 2.21 bits per heavy atom. The highest BCUT2D eigenvalue weighted by Gasteiger charge is 1.99. The quantitative estimate of drug-likeness (QED) is 0.738. The fourth-order valence-electron chi connectivity index (χ4n) is 1.27. The molecule has 0 bridgehead atoms. The summed E-state index contributed by atoms with van der Waals surface area (Å²) in [6.45, 7) is 5.82. The highest BCUT2D eigenvalue weighted by molar-refractivity contribution is 5.61. The van der Waals surface area contributed by atoms with Gasteiger partial charge in [-0.3, -0.25) is 9.78 Å². The minimum absolute atomic E-state index is 0.673. The normalized spacial score (nSPS) is 11.2. The minimum Gasteiger partial charge on any atom is -0.333 e. The summed E-state index contributed by atoms with van der Waals surface area (Å²) in [4.78, 5) is 14.4. The predicted molar refractivity (Wildman–Crippen MR) is 56.6 cm³/mol. The highest BCUT2D eigenvalue weighted by atomic mass is 16.1. The summed E-state index contributed by atoms with van der Waals surface area (Å²) < 4.78 is 0. The van der Waals surface area contributed by atoms with Gasteiger partial charge in [0.05, 0.1) is 0 Å². The lowest BCUT2D eigenvalue weighted by atomic mass is 10.1. The molecule has 1 aromatic rings. The molecular formula is C11H14N2O. The van der Waals surface area contributed by atoms with E-state index in [0.29, 0.717) is 6.41 Å². The lowest BCUT2D eigenvalue weighted by molar-refractivity contribution is -0.108. The van der Waals surface area contributed by atoms with Gasteiger partial charge in [-0.2, -0.15) is 0 Å². The first-order valence-electron chi connectivity index (χ1n) is 4.46. The van der Waals surface area contributed by atoms with Crippen molar-refractivity contribution in [2.24, 2.45) is 0 Å². The Bertz CT molecular complexity index is 349. The molecule has 0 aromatic carbocycles. The summed E-state index contributed by atoms with van der Waals surface area (Å²) in [5.74, 6) is 0. The number of rotatable bonds is 3. The second-order valence-electron chi connectivity index (χ2n) is 3.22. The highest BCUT2D eigenvalue weighted by Crippen LogP contribution is 2.13. The molecule has 1 amide bonds. The lowest BCUT2D eigenvalue weighted by Gasteiger charge is -2.05. The van der Waals surface area contributed by atoms with Crippen LogP contribution < -0.4 is 5.32 Å². The van der Waals surface area contributed by atoms with E-state index in [1.54, 1.807) is 6.20 Å². The number of pyridine rings is 1. The van der Waals surface area contributed by atoms with Crippen LogP contribution in [0, 0.1) is 13.8 Å². The van der Waals surface area contributed by atoms with Crippen molar-refractivity contribution in [3.05, 3.63) is 34.8 Å². The number of amides is 1. The zero-order chi connectivity index (χ0) is 10.6. The third-order valence-corrected chi connectivity index (χ3v) is 2.05. The summed E-state index contributed by atoms with van der Waals surface area (Å²) in [7, 11) is 0. The largest absolute Gasteiger partial charge is 0.333 e. The molecular weight excluding hydrogens is 176 g/mol. The standard InChI is InChI=1S/C11H14N2O/c1-8-4-5-12-10(3)11(8)6-9(2)13-7-14/h4-7H,1-3H3,(H,13,14)/b9-6+. The average molecular weight is 190 g/mol. The van der Waals surface area contributed by atoms with E-state index in [2.05, 4.69) is 10.3 Å². The summed E-state index contributed by atoms with van der Waals surface area (Å²) in [6.07, 6.45) is 4.38. The van der Waals surface area contributed by atoms with Crippen LogP contribution in [0.1, 0.15) is 23.7 Å². The molecule has 1 rings (SSSR count). The van der Waals surface area contributed by atoms with Crippen LogP contribution in [0.5, 0.6) is 0 Å². The van der Waals surface area contributed by atoms with Crippen molar-refractivity contribution in [1.82, 2.24) is 10.3 Å². The fourth-order valence-corrected chi connectivity index (χ4v) is 1.27. The maximum absolute atomic E-state index is 10.2. The van der Waals surface area contributed by atoms with Gasteiger partial charge in [0.1, 0.15) is 0 Å². The molecule has 0 spiro atoms. The topological polar surface area (TPSA) is 42.0 Å². The Morgan fingerprint density at radius 1 is 1.50 bits per heavy atom. The van der Waals surface area contributed by atoms with E-state index in [4.69, 9.17) is 0 Å². The molecule has 14 heavy (non-hydrogen) atoms.